The molecule has 7 atom stereocenters. The number of hydrogen-bond donors (Lipinski definition) is 0. The second-order valence-corrected chi connectivity index (χ2v) is 13.6. The first-order valence-electron chi connectivity index (χ1n) is 13.5. The zero-order valence-electron chi connectivity index (χ0n) is 22.7. The van der Waals surface area contributed by atoms with Crippen LogP contribution >= 0.6 is 7.60 Å². The average Bonchev–Trinajstić information content (AvgIpc) is 2.80. The third kappa shape index (κ3) is 7.40. The van der Waals surface area contributed by atoms with Gasteiger partial charge in [-0.2, -0.15) is 0 Å². The molecule has 3 rings (SSSR count). The molecule has 2 aliphatic carbocycles. The average molecular weight is 508 g/mol. The lowest BCUT2D eigenvalue weighted by atomic mass is 9.76. The van der Waals surface area contributed by atoms with Crippen molar-refractivity contribution in [3.05, 3.63) is 30.1 Å². The molecule has 2 saturated carbocycles. The van der Waals surface area contributed by atoms with Crippen molar-refractivity contribution >= 4 is 13.6 Å². The predicted molar refractivity (Wildman–Crippen MR) is 139 cm³/mol. The highest BCUT2D eigenvalue weighted by Crippen LogP contribution is 2.65. The zero-order chi connectivity index (χ0) is 25.8. The lowest BCUT2D eigenvalue weighted by molar-refractivity contribution is -0.144. The number of rotatable bonds is 9. The van der Waals surface area contributed by atoms with Gasteiger partial charge in [0.25, 0.3) is 0 Å². The van der Waals surface area contributed by atoms with E-state index in [0.717, 1.165) is 38.5 Å². The summed E-state index contributed by atoms with van der Waals surface area (Å²) in [4.78, 5) is 16.4. The molecule has 0 saturated heterocycles. The highest BCUT2D eigenvalue weighted by atomic mass is 31.2. The molecule has 7 unspecified atom stereocenters. The fourth-order valence-corrected chi connectivity index (χ4v) is 8.04. The van der Waals surface area contributed by atoms with Crippen LogP contribution in [0.5, 0.6) is 0 Å². The first-order chi connectivity index (χ1) is 16.5. The van der Waals surface area contributed by atoms with Gasteiger partial charge in [-0.3, -0.25) is 14.3 Å². The number of carbonyl (C=O) groups is 1. The molecular formula is C28H46NO5P. The number of nitrogens with zero attached hydrogens (tertiary/aromatic N) is 1. The molecule has 0 aliphatic heterocycles. The third-order valence-corrected chi connectivity index (χ3v) is 10.4. The third-order valence-electron chi connectivity index (χ3n) is 8.31. The molecule has 7 heteroatoms. The number of esters is 1. The van der Waals surface area contributed by atoms with Crippen LogP contribution in [0.3, 0.4) is 0 Å². The molecule has 35 heavy (non-hydrogen) atoms. The lowest BCUT2D eigenvalue weighted by Gasteiger charge is -2.42. The summed E-state index contributed by atoms with van der Waals surface area (Å²) in [7, 11) is -3.91. The van der Waals surface area contributed by atoms with Crippen LogP contribution in [0.2, 0.25) is 0 Å². The van der Waals surface area contributed by atoms with Crippen molar-refractivity contribution in [2.45, 2.75) is 105 Å². The van der Waals surface area contributed by atoms with Gasteiger partial charge in [0.05, 0.1) is 12.2 Å². The van der Waals surface area contributed by atoms with Gasteiger partial charge >= 0.3 is 13.6 Å². The first kappa shape index (κ1) is 28.3. The van der Waals surface area contributed by atoms with Crippen molar-refractivity contribution in [2.24, 2.45) is 35.5 Å². The maximum atomic E-state index is 14.9. The standard InChI is InChI=1S/C28H46NO5P/c1-18(2)23-12-10-20(5)26(15-23)33-35(31,28(32-22(7)30)25-9-8-14-29-17-25)34-27-16-24(19(3)4)13-11-21(27)6/h8-9,14,17-21,23-24,26-28H,10-13,15-16H2,1-7H3. The van der Waals surface area contributed by atoms with Crippen molar-refractivity contribution < 1.29 is 23.1 Å². The molecule has 0 bridgehead atoms. The van der Waals surface area contributed by atoms with Gasteiger partial charge in [-0.25, -0.2) is 0 Å². The molecule has 0 aromatic carbocycles. The Morgan fingerprint density at radius 3 is 1.86 bits per heavy atom. The first-order valence-corrected chi connectivity index (χ1v) is 15.1. The van der Waals surface area contributed by atoms with Gasteiger partial charge in [0, 0.05) is 24.9 Å². The summed E-state index contributed by atoms with van der Waals surface area (Å²) in [5.74, 6) is 0.931. The molecule has 0 N–H and O–H groups in total. The van der Waals surface area contributed by atoms with Gasteiger partial charge in [-0.05, 0) is 80.1 Å². The lowest BCUT2D eigenvalue weighted by Crippen LogP contribution is -2.35. The number of pyridine rings is 1. The highest BCUT2D eigenvalue weighted by Gasteiger charge is 2.48. The minimum Gasteiger partial charge on any atom is -0.444 e. The quantitative estimate of drug-likeness (QED) is 0.251. The van der Waals surface area contributed by atoms with E-state index in [1.807, 2.05) is 0 Å². The summed E-state index contributed by atoms with van der Waals surface area (Å²) in [6.45, 7) is 14.6. The summed E-state index contributed by atoms with van der Waals surface area (Å²) >= 11 is 0. The molecule has 1 aromatic rings. The Kier molecular flexibility index (Phi) is 9.99. The van der Waals surface area contributed by atoms with Crippen molar-refractivity contribution in [1.29, 1.82) is 0 Å². The molecule has 6 nitrogen and oxygen atoms in total. The van der Waals surface area contributed by atoms with Gasteiger partial charge in [0.2, 0.25) is 5.85 Å². The Balaban J connectivity index is 1.97. The Labute approximate surface area is 212 Å². The number of aromatic nitrogens is 1. The Bertz CT molecular complexity index is 822. The summed E-state index contributed by atoms with van der Waals surface area (Å²) < 4.78 is 33.7. The van der Waals surface area contributed by atoms with Crippen LogP contribution in [0.1, 0.15) is 98.4 Å². The second-order valence-electron chi connectivity index (χ2n) is 11.7. The fraction of sp³-hybridized carbons (Fsp3) is 0.786. The van der Waals surface area contributed by atoms with Crippen LogP contribution in [-0.2, 0) is 23.1 Å². The molecule has 1 aromatic heterocycles. The topological polar surface area (TPSA) is 74.7 Å². The largest absolute Gasteiger partial charge is 0.444 e. The van der Waals surface area contributed by atoms with E-state index >= 15 is 0 Å². The molecule has 198 valence electrons. The highest BCUT2D eigenvalue weighted by molar-refractivity contribution is 7.54. The van der Waals surface area contributed by atoms with Crippen LogP contribution in [0.15, 0.2) is 24.5 Å². The summed E-state index contributed by atoms with van der Waals surface area (Å²) in [5.41, 5.74) is 0.541. The van der Waals surface area contributed by atoms with Crippen molar-refractivity contribution in [3.63, 3.8) is 0 Å². The van der Waals surface area contributed by atoms with E-state index in [-0.39, 0.29) is 24.0 Å². The number of ether oxygens (including phenoxy) is 1. The number of hydrogen-bond acceptors (Lipinski definition) is 6. The molecule has 0 amide bonds. The molecule has 2 aliphatic rings. The van der Waals surface area contributed by atoms with Crippen LogP contribution in [0, 0.1) is 35.5 Å². The Morgan fingerprint density at radius 2 is 1.46 bits per heavy atom. The minimum atomic E-state index is -3.91. The molecule has 1 heterocycles. The maximum Gasteiger partial charge on any atom is 0.376 e. The van der Waals surface area contributed by atoms with Crippen LogP contribution in [0.25, 0.3) is 0 Å². The molecular weight excluding hydrogens is 461 g/mol. The van der Waals surface area contributed by atoms with E-state index in [0.29, 0.717) is 29.2 Å². The van der Waals surface area contributed by atoms with Crippen LogP contribution in [-0.4, -0.2) is 23.2 Å². The molecule has 0 radical (unpaired) electrons. The van der Waals surface area contributed by atoms with E-state index in [1.165, 1.54) is 6.92 Å². The van der Waals surface area contributed by atoms with Crippen LogP contribution < -0.4 is 0 Å². The monoisotopic (exact) mass is 507 g/mol. The van der Waals surface area contributed by atoms with Gasteiger partial charge in [-0.1, -0.05) is 47.6 Å². The normalized spacial score (nSPS) is 32.3. The zero-order valence-corrected chi connectivity index (χ0v) is 23.6. The van der Waals surface area contributed by atoms with Gasteiger partial charge in [0.15, 0.2) is 0 Å². The Morgan fingerprint density at radius 1 is 0.943 bits per heavy atom. The van der Waals surface area contributed by atoms with E-state index in [1.54, 1.807) is 24.5 Å². The van der Waals surface area contributed by atoms with Gasteiger partial charge < -0.3 is 13.8 Å². The Hall–Kier alpha value is -1.23. The number of carbonyl (C=O) groups excluding carboxylic acids is 1. The van der Waals surface area contributed by atoms with E-state index in [4.69, 9.17) is 13.8 Å². The van der Waals surface area contributed by atoms with Gasteiger partial charge in [-0.15, -0.1) is 0 Å². The maximum absolute atomic E-state index is 14.9. The minimum absolute atomic E-state index is 0.212. The smallest absolute Gasteiger partial charge is 0.376 e. The predicted octanol–water partition coefficient (Wildman–Crippen LogP) is 7.79. The van der Waals surface area contributed by atoms with Crippen molar-refractivity contribution in [2.75, 3.05) is 0 Å². The van der Waals surface area contributed by atoms with E-state index < -0.39 is 19.4 Å². The second kappa shape index (κ2) is 12.3. The summed E-state index contributed by atoms with van der Waals surface area (Å²) in [5, 5.41) is 0. The van der Waals surface area contributed by atoms with Crippen LogP contribution in [0.4, 0.5) is 0 Å². The van der Waals surface area contributed by atoms with Crippen molar-refractivity contribution in [3.8, 4) is 0 Å². The summed E-state index contributed by atoms with van der Waals surface area (Å²) in [6, 6.07) is 3.54. The molecule has 0 spiro atoms. The van der Waals surface area contributed by atoms with E-state index in [2.05, 4.69) is 46.5 Å². The van der Waals surface area contributed by atoms with Gasteiger partial charge in [0.1, 0.15) is 0 Å². The SMILES string of the molecule is CC(=O)OC(c1cccnc1)P(=O)(OC1CC(C(C)C)CCC1C)OC1CC(C(C)C)CCC1C. The summed E-state index contributed by atoms with van der Waals surface area (Å²) in [6.07, 6.45) is 8.82. The molecule has 2 fully saturated rings. The van der Waals surface area contributed by atoms with E-state index in [9.17, 15) is 9.36 Å². The fourth-order valence-electron chi connectivity index (χ4n) is 5.63. The van der Waals surface area contributed by atoms with Crippen molar-refractivity contribution in [1.82, 2.24) is 4.98 Å².